The summed E-state index contributed by atoms with van der Waals surface area (Å²) in [6.45, 7) is 14.9. The molecule has 1 aliphatic rings. The number of pyridine rings is 1. The number of ketones is 1. The summed E-state index contributed by atoms with van der Waals surface area (Å²) in [5.41, 5.74) is 6.92. The van der Waals surface area contributed by atoms with Gasteiger partial charge in [-0.25, -0.2) is 0 Å². The molecule has 4 aromatic carbocycles. The van der Waals surface area contributed by atoms with Gasteiger partial charge in [-0.1, -0.05) is 102 Å². The molecule has 5 heteroatoms. The van der Waals surface area contributed by atoms with E-state index in [1.807, 2.05) is 40.0 Å². The van der Waals surface area contributed by atoms with Crippen LogP contribution in [0.2, 0.25) is 0 Å². The van der Waals surface area contributed by atoms with E-state index in [1.165, 1.54) is 33.5 Å². The van der Waals surface area contributed by atoms with Gasteiger partial charge in [-0.2, -0.15) is 0 Å². The van der Waals surface area contributed by atoms with Gasteiger partial charge in [0.2, 0.25) is 0 Å². The summed E-state index contributed by atoms with van der Waals surface area (Å²) in [6, 6.07) is 31.6. The minimum Gasteiger partial charge on any atom is -0.512 e. The van der Waals surface area contributed by atoms with E-state index in [9.17, 15) is 9.90 Å². The van der Waals surface area contributed by atoms with Crippen molar-refractivity contribution >= 4 is 44.4 Å². The topological polar surface area (TPSA) is 53.4 Å². The molecule has 1 aromatic heterocycles. The van der Waals surface area contributed by atoms with Crippen molar-refractivity contribution in [3.05, 3.63) is 109 Å². The Morgan fingerprint density at radius 3 is 2.19 bits per heavy atom. The number of benzene rings is 4. The van der Waals surface area contributed by atoms with Gasteiger partial charge in [-0.3, -0.25) is 4.79 Å². The first-order valence-electron chi connectivity index (χ1n) is 16.8. The molecule has 1 radical (unpaired) electrons. The Morgan fingerprint density at radius 1 is 0.872 bits per heavy atom. The molecule has 0 saturated heterocycles. The Morgan fingerprint density at radius 2 is 1.55 bits per heavy atom. The van der Waals surface area contributed by atoms with E-state index >= 15 is 0 Å². The molecular formula is C42H47IrN2O2-. The van der Waals surface area contributed by atoms with Crippen molar-refractivity contribution < 1.29 is 30.0 Å². The van der Waals surface area contributed by atoms with Gasteiger partial charge in [0.15, 0.2) is 5.78 Å². The van der Waals surface area contributed by atoms with E-state index in [1.54, 1.807) is 0 Å². The maximum Gasteiger partial charge on any atom is 0.162 e. The second kappa shape index (κ2) is 15.4. The van der Waals surface area contributed by atoms with Crippen LogP contribution in [0.25, 0.3) is 32.8 Å². The molecule has 0 saturated carbocycles. The average Bonchev–Trinajstić information content (AvgIpc) is 3.06. The monoisotopic (exact) mass is 804 g/mol. The van der Waals surface area contributed by atoms with Crippen LogP contribution in [-0.4, -0.2) is 15.9 Å². The maximum absolute atomic E-state index is 11.7. The number of aromatic nitrogens is 1. The molecule has 0 unspecified atom stereocenters. The fourth-order valence-corrected chi connectivity index (χ4v) is 6.45. The molecule has 47 heavy (non-hydrogen) atoms. The van der Waals surface area contributed by atoms with Gasteiger partial charge in [0.1, 0.15) is 0 Å². The van der Waals surface area contributed by atoms with Gasteiger partial charge in [0.05, 0.1) is 5.76 Å². The van der Waals surface area contributed by atoms with Crippen LogP contribution >= 0.6 is 0 Å². The summed E-state index contributed by atoms with van der Waals surface area (Å²) in [7, 11) is 0. The molecule has 2 heterocycles. The average molecular weight is 804 g/mol. The van der Waals surface area contributed by atoms with Gasteiger partial charge in [0.25, 0.3) is 0 Å². The van der Waals surface area contributed by atoms with Crippen LogP contribution in [0.3, 0.4) is 0 Å². The minimum absolute atomic E-state index is 0. The zero-order valence-electron chi connectivity index (χ0n) is 28.7. The van der Waals surface area contributed by atoms with Gasteiger partial charge in [-0.15, -0.1) is 23.8 Å². The van der Waals surface area contributed by atoms with Crippen molar-refractivity contribution in [1.29, 1.82) is 0 Å². The fourth-order valence-electron chi connectivity index (χ4n) is 6.45. The summed E-state index contributed by atoms with van der Waals surface area (Å²) >= 11 is 0. The minimum atomic E-state index is 0. The first-order valence-corrected chi connectivity index (χ1v) is 16.8. The number of para-hydroxylation sites is 1. The summed E-state index contributed by atoms with van der Waals surface area (Å²) < 4.78 is 0. The molecule has 0 atom stereocenters. The predicted molar refractivity (Wildman–Crippen MR) is 194 cm³/mol. The van der Waals surface area contributed by atoms with Crippen molar-refractivity contribution in [2.75, 3.05) is 4.90 Å². The van der Waals surface area contributed by atoms with Crippen molar-refractivity contribution in [2.24, 2.45) is 11.8 Å². The number of carbonyl (C=O) groups is 1. The summed E-state index contributed by atoms with van der Waals surface area (Å²) in [6.07, 6.45) is 6.91. The molecule has 0 spiro atoms. The first-order chi connectivity index (χ1) is 22.1. The number of aliphatic hydroxyl groups excluding tert-OH is 1. The predicted octanol–water partition coefficient (Wildman–Crippen LogP) is 11.8. The van der Waals surface area contributed by atoms with Gasteiger partial charge < -0.3 is 15.0 Å². The van der Waals surface area contributed by atoms with E-state index in [0.717, 1.165) is 53.7 Å². The second-order valence-corrected chi connectivity index (χ2v) is 13.3. The normalized spacial score (nSPS) is 12.5. The van der Waals surface area contributed by atoms with Crippen LogP contribution in [0.5, 0.6) is 0 Å². The maximum atomic E-state index is 11.7. The fraction of sp³-hybridized carbons (Fsp3) is 0.333. The molecule has 5 aromatic rings. The third-order valence-corrected chi connectivity index (χ3v) is 9.34. The number of hydrogen-bond donors (Lipinski definition) is 1. The quantitative estimate of drug-likeness (QED) is 0.0946. The van der Waals surface area contributed by atoms with Crippen molar-refractivity contribution in [3.8, 4) is 11.3 Å². The standard InChI is InChI=1S/C29H23N2.C13H24O2.Ir/c1-29(2,3)21-16-15-20-18-30-27-23-13-7-9-19-10-8-14-25(26(19)23)31(28(27)24(20)17-21)22-11-5-4-6-12-22;1-5-10(6-2)12(14)9-13(15)11(7-3)8-4;/h4-12,14-18H,1-3H3;9-11,14H,5-8H2,1-4H3;/q-1;;/b;12-9-;. The second-order valence-electron chi connectivity index (χ2n) is 13.3. The van der Waals surface area contributed by atoms with Gasteiger partial charge >= 0.3 is 0 Å². The third kappa shape index (κ3) is 7.37. The molecule has 4 nitrogen and oxygen atoms in total. The van der Waals surface area contributed by atoms with Crippen LogP contribution in [0.1, 0.15) is 79.7 Å². The number of anilines is 3. The number of fused-ring (bicyclic) bond motifs is 4. The molecule has 6 rings (SSSR count). The Balaban J connectivity index is 0.000000269. The van der Waals surface area contributed by atoms with E-state index in [0.29, 0.717) is 0 Å². The van der Waals surface area contributed by atoms with Crippen LogP contribution in [0.15, 0.2) is 96.9 Å². The first kappa shape index (κ1) is 36.1. The van der Waals surface area contributed by atoms with Crippen LogP contribution in [-0.2, 0) is 30.3 Å². The SMILES string of the molecule is CC(C)(C)c1ccc2cnc3c(c2c1)N(c1ccccc1)c1cccc2cc[c-]c-3c12.CCC(CC)C(=O)/C=C(\O)C(CC)CC.[Ir]. The molecule has 1 aliphatic heterocycles. The Hall–Kier alpha value is -3.79. The van der Waals surface area contributed by atoms with E-state index in [-0.39, 0.29) is 48.9 Å². The Kier molecular flexibility index (Phi) is 11.8. The van der Waals surface area contributed by atoms with Crippen LogP contribution < -0.4 is 4.90 Å². The largest absolute Gasteiger partial charge is 0.512 e. The molecule has 0 bridgehead atoms. The van der Waals surface area contributed by atoms with Gasteiger partial charge in [0, 0.05) is 77.7 Å². The number of rotatable bonds is 8. The van der Waals surface area contributed by atoms with Crippen LogP contribution in [0, 0.1) is 17.9 Å². The van der Waals surface area contributed by atoms with Crippen LogP contribution in [0.4, 0.5) is 17.1 Å². The van der Waals surface area contributed by atoms with E-state index < -0.39 is 0 Å². The van der Waals surface area contributed by atoms with E-state index in [2.05, 4.69) is 105 Å². The molecule has 0 aliphatic carbocycles. The number of aliphatic hydroxyl groups is 1. The molecular weight excluding hydrogens is 757 g/mol. The van der Waals surface area contributed by atoms with Crippen molar-refractivity contribution in [1.82, 2.24) is 4.98 Å². The number of hydrogen-bond acceptors (Lipinski definition) is 4. The molecule has 247 valence electrons. The number of allylic oxidation sites excluding steroid dienone is 2. The Bertz CT molecular complexity index is 1860. The summed E-state index contributed by atoms with van der Waals surface area (Å²) in [5, 5.41) is 14.6. The van der Waals surface area contributed by atoms with Crippen molar-refractivity contribution in [3.63, 3.8) is 0 Å². The smallest absolute Gasteiger partial charge is 0.162 e. The zero-order chi connectivity index (χ0) is 33.0. The summed E-state index contributed by atoms with van der Waals surface area (Å²) in [5.74, 6) is 0.547. The zero-order valence-corrected chi connectivity index (χ0v) is 31.1. The number of nitrogens with zero attached hydrogens (tertiary/aromatic N) is 2. The molecule has 0 fully saturated rings. The van der Waals surface area contributed by atoms with Gasteiger partial charge in [-0.05, 0) is 60.9 Å². The number of carbonyl (C=O) groups excluding carboxylic acids is 1. The Labute approximate surface area is 294 Å². The summed E-state index contributed by atoms with van der Waals surface area (Å²) in [4.78, 5) is 19.1. The third-order valence-electron chi connectivity index (χ3n) is 9.34. The van der Waals surface area contributed by atoms with Crippen molar-refractivity contribution in [2.45, 2.75) is 79.6 Å². The molecule has 1 N–H and O–H groups in total. The molecule has 0 amide bonds. The van der Waals surface area contributed by atoms with E-state index in [4.69, 9.17) is 4.98 Å².